The Labute approximate surface area is 134 Å². The normalized spacial score (nSPS) is 17.6. The molecular formula is C16H22N4O3. The van der Waals surface area contributed by atoms with Crippen molar-refractivity contribution in [3.8, 4) is 0 Å². The Hall–Kier alpha value is -2.18. The van der Waals surface area contributed by atoms with Gasteiger partial charge in [-0.2, -0.15) is 5.10 Å². The molecule has 2 aliphatic rings. The lowest BCUT2D eigenvalue weighted by molar-refractivity contribution is -0.127. The van der Waals surface area contributed by atoms with Crippen LogP contribution in [0.5, 0.6) is 0 Å². The minimum absolute atomic E-state index is 0.0535. The molecular weight excluding hydrogens is 296 g/mol. The van der Waals surface area contributed by atoms with Crippen molar-refractivity contribution in [2.24, 2.45) is 0 Å². The first-order valence-corrected chi connectivity index (χ1v) is 8.26. The van der Waals surface area contributed by atoms with Crippen molar-refractivity contribution < 1.29 is 9.59 Å². The maximum Gasteiger partial charge on any atom is 0.267 e. The average molecular weight is 318 g/mol. The van der Waals surface area contributed by atoms with Crippen LogP contribution in [0.2, 0.25) is 0 Å². The van der Waals surface area contributed by atoms with E-state index in [2.05, 4.69) is 10.4 Å². The number of nitrogens with one attached hydrogen (secondary N) is 1. The average Bonchev–Trinajstić information content (AvgIpc) is 3.29. The second kappa shape index (κ2) is 6.93. The molecule has 1 aliphatic heterocycles. The molecule has 1 aliphatic carbocycles. The number of rotatable bonds is 7. The highest BCUT2D eigenvalue weighted by atomic mass is 16.2. The quantitative estimate of drug-likeness (QED) is 0.730. The van der Waals surface area contributed by atoms with Crippen LogP contribution in [0.15, 0.2) is 16.9 Å². The molecule has 0 atom stereocenters. The molecule has 1 saturated carbocycles. The summed E-state index contributed by atoms with van der Waals surface area (Å²) in [6.45, 7) is 1.94. The summed E-state index contributed by atoms with van der Waals surface area (Å²) in [6.07, 6.45) is 4.50. The van der Waals surface area contributed by atoms with E-state index in [-0.39, 0.29) is 23.9 Å². The van der Waals surface area contributed by atoms with Crippen LogP contribution >= 0.6 is 0 Å². The number of carbonyl (C=O) groups is 2. The molecule has 0 bridgehead atoms. The van der Waals surface area contributed by atoms with Crippen molar-refractivity contribution in [2.75, 3.05) is 19.6 Å². The Balaban J connectivity index is 1.43. The standard InChI is InChI=1S/C16H22N4O3/c21-14(17-8-2-10-19-9-1-3-15(19)22)11-20-16(23)7-6-13(18-20)12-4-5-12/h6-7,12H,1-5,8-11H2,(H,17,21). The van der Waals surface area contributed by atoms with Gasteiger partial charge < -0.3 is 10.2 Å². The van der Waals surface area contributed by atoms with Crippen molar-refractivity contribution in [1.29, 1.82) is 0 Å². The van der Waals surface area contributed by atoms with E-state index in [9.17, 15) is 14.4 Å². The summed E-state index contributed by atoms with van der Waals surface area (Å²) < 4.78 is 1.23. The summed E-state index contributed by atoms with van der Waals surface area (Å²) in [4.78, 5) is 37.0. The molecule has 1 saturated heterocycles. The van der Waals surface area contributed by atoms with Crippen LogP contribution in [0.3, 0.4) is 0 Å². The number of amides is 2. The third-order valence-corrected chi connectivity index (χ3v) is 4.27. The maximum atomic E-state index is 11.9. The van der Waals surface area contributed by atoms with Crippen LogP contribution in [0.4, 0.5) is 0 Å². The molecule has 0 radical (unpaired) electrons. The zero-order chi connectivity index (χ0) is 16.2. The summed E-state index contributed by atoms with van der Waals surface area (Å²) >= 11 is 0. The monoisotopic (exact) mass is 318 g/mol. The highest BCUT2D eigenvalue weighted by Crippen LogP contribution is 2.38. The SMILES string of the molecule is O=C(Cn1nc(C2CC2)ccc1=O)NCCCN1CCCC1=O. The van der Waals surface area contributed by atoms with Gasteiger partial charge in [-0.25, -0.2) is 4.68 Å². The summed E-state index contributed by atoms with van der Waals surface area (Å²) in [5.74, 6) is 0.423. The smallest absolute Gasteiger partial charge is 0.267 e. The minimum Gasteiger partial charge on any atom is -0.354 e. The van der Waals surface area contributed by atoms with Gasteiger partial charge in [0.1, 0.15) is 6.54 Å². The Morgan fingerprint density at radius 1 is 1.30 bits per heavy atom. The first-order valence-electron chi connectivity index (χ1n) is 8.26. The van der Waals surface area contributed by atoms with E-state index in [4.69, 9.17) is 0 Å². The van der Waals surface area contributed by atoms with Crippen LogP contribution in [0.25, 0.3) is 0 Å². The van der Waals surface area contributed by atoms with Crippen molar-refractivity contribution >= 4 is 11.8 Å². The van der Waals surface area contributed by atoms with Gasteiger partial charge in [0.25, 0.3) is 5.56 Å². The third kappa shape index (κ3) is 4.18. The van der Waals surface area contributed by atoms with Gasteiger partial charge in [0, 0.05) is 38.0 Å². The van der Waals surface area contributed by atoms with E-state index in [1.165, 1.54) is 10.7 Å². The van der Waals surface area contributed by atoms with Crippen molar-refractivity contribution in [1.82, 2.24) is 20.0 Å². The lowest BCUT2D eigenvalue weighted by atomic mass is 10.3. The van der Waals surface area contributed by atoms with Crippen molar-refractivity contribution in [3.63, 3.8) is 0 Å². The van der Waals surface area contributed by atoms with Gasteiger partial charge in [0.15, 0.2) is 0 Å². The second-order valence-electron chi connectivity index (χ2n) is 6.22. The first-order chi connectivity index (χ1) is 11.1. The molecule has 124 valence electrons. The van der Waals surface area contributed by atoms with Crippen molar-refractivity contribution in [3.05, 3.63) is 28.2 Å². The highest BCUT2D eigenvalue weighted by Gasteiger charge is 2.25. The summed E-state index contributed by atoms with van der Waals surface area (Å²) in [6, 6.07) is 3.23. The predicted molar refractivity (Wildman–Crippen MR) is 83.9 cm³/mol. The molecule has 1 aromatic rings. The zero-order valence-electron chi connectivity index (χ0n) is 13.2. The molecule has 2 fully saturated rings. The Morgan fingerprint density at radius 2 is 2.13 bits per heavy atom. The second-order valence-corrected chi connectivity index (χ2v) is 6.22. The van der Waals surface area contributed by atoms with E-state index in [0.717, 1.165) is 37.9 Å². The maximum absolute atomic E-state index is 11.9. The van der Waals surface area contributed by atoms with Crippen LogP contribution < -0.4 is 10.9 Å². The fourth-order valence-electron chi connectivity index (χ4n) is 2.80. The minimum atomic E-state index is -0.257. The Kier molecular flexibility index (Phi) is 4.73. The van der Waals surface area contributed by atoms with Crippen LogP contribution in [0.1, 0.15) is 43.7 Å². The van der Waals surface area contributed by atoms with E-state index in [1.54, 1.807) is 6.07 Å². The summed E-state index contributed by atoms with van der Waals surface area (Å²) in [5.41, 5.74) is 0.636. The van der Waals surface area contributed by atoms with Crippen LogP contribution in [-0.4, -0.2) is 46.1 Å². The van der Waals surface area contributed by atoms with Gasteiger partial charge in [0.05, 0.1) is 5.69 Å². The van der Waals surface area contributed by atoms with Crippen molar-refractivity contribution in [2.45, 2.75) is 44.6 Å². The molecule has 0 unspecified atom stereocenters. The molecule has 0 aromatic carbocycles. The first kappa shape index (κ1) is 15.7. The number of hydrogen-bond acceptors (Lipinski definition) is 4. The van der Waals surface area contributed by atoms with Gasteiger partial charge in [0.2, 0.25) is 11.8 Å². The van der Waals surface area contributed by atoms with Gasteiger partial charge >= 0.3 is 0 Å². The molecule has 1 aromatic heterocycles. The number of likely N-dealkylation sites (tertiary alicyclic amines) is 1. The Bertz CT molecular complexity index is 651. The van der Waals surface area contributed by atoms with E-state index < -0.39 is 0 Å². The van der Waals surface area contributed by atoms with E-state index in [0.29, 0.717) is 25.4 Å². The summed E-state index contributed by atoms with van der Waals surface area (Å²) in [7, 11) is 0. The molecule has 2 amide bonds. The largest absolute Gasteiger partial charge is 0.354 e. The molecule has 7 heteroatoms. The number of carbonyl (C=O) groups excluding carboxylic acids is 2. The van der Waals surface area contributed by atoms with Gasteiger partial charge in [-0.05, 0) is 31.7 Å². The van der Waals surface area contributed by atoms with E-state index >= 15 is 0 Å². The molecule has 7 nitrogen and oxygen atoms in total. The molecule has 23 heavy (non-hydrogen) atoms. The molecule has 0 spiro atoms. The predicted octanol–water partition coefficient (Wildman–Crippen LogP) is 0.249. The molecule has 1 N–H and O–H groups in total. The molecule has 2 heterocycles. The lowest BCUT2D eigenvalue weighted by Crippen LogP contribution is -2.35. The zero-order valence-corrected chi connectivity index (χ0v) is 13.2. The van der Waals surface area contributed by atoms with Crippen LogP contribution in [-0.2, 0) is 16.1 Å². The van der Waals surface area contributed by atoms with Gasteiger partial charge in [-0.3, -0.25) is 14.4 Å². The third-order valence-electron chi connectivity index (χ3n) is 4.27. The topological polar surface area (TPSA) is 84.3 Å². The summed E-state index contributed by atoms with van der Waals surface area (Å²) in [5, 5.41) is 7.05. The lowest BCUT2D eigenvalue weighted by Gasteiger charge is -2.15. The molecule has 3 rings (SSSR count). The number of aromatic nitrogens is 2. The number of hydrogen-bond donors (Lipinski definition) is 1. The van der Waals surface area contributed by atoms with Crippen LogP contribution in [0, 0.1) is 0 Å². The highest BCUT2D eigenvalue weighted by molar-refractivity contribution is 5.78. The van der Waals surface area contributed by atoms with Gasteiger partial charge in [-0.1, -0.05) is 0 Å². The van der Waals surface area contributed by atoms with E-state index in [1.807, 2.05) is 4.90 Å². The fourth-order valence-corrected chi connectivity index (χ4v) is 2.80. The Morgan fingerprint density at radius 3 is 2.83 bits per heavy atom. The fraction of sp³-hybridized carbons (Fsp3) is 0.625. The number of nitrogens with zero attached hydrogens (tertiary/aromatic N) is 3. The van der Waals surface area contributed by atoms with Gasteiger partial charge in [-0.15, -0.1) is 0 Å².